The Kier molecular flexibility index (Phi) is 5.01. The average molecular weight is 251 g/mol. The van der Waals surface area contributed by atoms with Gasteiger partial charge in [0.1, 0.15) is 5.82 Å². The molecule has 102 valence electrons. The summed E-state index contributed by atoms with van der Waals surface area (Å²) >= 11 is 0. The van der Waals surface area contributed by atoms with Crippen molar-refractivity contribution < 1.29 is 0 Å². The zero-order valence-corrected chi connectivity index (χ0v) is 11.4. The Labute approximate surface area is 110 Å². The van der Waals surface area contributed by atoms with Gasteiger partial charge in [0.15, 0.2) is 0 Å². The molecule has 1 aliphatic heterocycles. The second-order valence-corrected chi connectivity index (χ2v) is 5.04. The molecular weight excluding hydrogens is 226 g/mol. The van der Waals surface area contributed by atoms with Crippen LogP contribution in [0.15, 0.2) is 12.3 Å². The smallest absolute Gasteiger partial charge is 0.145 e. The quantitative estimate of drug-likeness (QED) is 0.815. The van der Waals surface area contributed by atoms with E-state index < -0.39 is 0 Å². The predicted molar refractivity (Wildman–Crippen MR) is 74.4 cm³/mol. The van der Waals surface area contributed by atoms with Crippen molar-refractivity contribution in [3.05, 3.63) is 12.3 Å². The Morgan fingerprint density at radius 2 is 1.78 bits per heavy atom. The Balaban J connectivity index is 1.60. The first-order valence-corrected chi connectivity index (χ1v) is 7.01. The van der Waals surface area contributed by atoms with Crippen molar-refractivity contribution >= 4 is 5.82 Å². The lowest BCUT2D eigenvalue weighted by Gasteiger charge is -2.34. The van der Waals surface area contributed by atoms with Crippen molar-refractivity contribution in [3.63, 3.8) is 0 Å². The van der Waals surface area contributed by atoms with Gasteiger partial charge in [0.2, 0.25) is 0 Å². The number of aromatic nitrogens is 2. The first kappa shape index (κ1) is 13.4. The Morgan fingerprint density at radius 3 is 2.33 bits per heavy atom. The van der Waals surface area contributed by atoms with Gasteiger partial charge in [0.25, 0.3) is 0 Å². The van der Waals surface area contributed by atoms with Crippen molar-refractivity contribution in [1.82, 2.24) is 19.6 Å². The zero-order chi connectivity index (χ0) is 12.8. The maximum absolute atomic E-state index is 5.59. The van der Waals surface area contributed by atoms with Gasteiger partial charge in [-0.2, -0.15) is 5.10 Å². The molecule has 0 bridgehead atoms. The number of nitrogens with two attached hydrogens (primary N) is 1. The number of anilines is 1. The van der Waals surface area contributed by atoms with Crippen LogP contribution in [0, 0.1) is 0 Å². The van der Waals surface area contributed by atoms with Crippen molar-refractivity contribution in [2.45, 2.75) is 26.3 Å². The number of hydrogen-bond acceptors (Lipinski definition) is 4. The van der Waals surface area contributed by atoms with Crippen molar-refractivity contribution in [2.75, 3.05) is 45.0 Å². The molecule has 1 aliphatic rings. The molecule has 18 heavy (non-hydrogen) atoms. The summed E-state index contributed by atoms with van der Waals surface area (Å²) in [6, 6.07) is 1.85. The molecule has 0 saturated carbocycles. The topological polar surface area (TPSA) is 50.3 Å². The van der Waals surface area contributed by atoms with Gasteiger partial charge in [-0.1, -0.05) is 6.92 Å². The molecule has 5 nitrogen and oxygen atoms in total. The van der Waals surface area contributed by atoms with Gasteiger partial charge in [0, 0.05) is 38.9 Å². The molecule has 0 atom stereocenters. The fraction of sp³-hybridized carbons (Fsp3) is 0.769. The summed E-state index contributed by atoms with van der Waals surface area (Å²) in [5.74, 6) is 0.614. The maximum Gasteiger partial charge on any atom is 0.145 e. The highest BCUT2D eigenvalue weighted by molar-refractivity contribution is 5.23. The fourth-order valence-electron chi connectivity index (χ4n) is 2.51. The molecule has 0 aliphatic carbocycles. The molecule has 0 amide bonds. The average Bonchev–Trinajstić information content (AvgIpc) is 2.78. The minimum atomic E-state index is 0.614. The van der Waals surface area contributed by atoms with E-state index in [4.69, 9.17) is 5.73 Å². The van der Waals surface area contributed by atoms with Crippen LogP contribution in [0.4, 0.5) is 5.82 Å². The van der Waals surface area contributed by atoms with Crippen LogP contribution >= 0.6 is 0 Å². The molecular formula is C13H25N5. The van der Waals surface area contributed by atoms with E-state index in [1.165, 1.54) is 45.7 Å². The number of nitrogens with zero attached hydrogens (tertiary/aromatic N) is 4. The predicted octanol–water partition coefficient (Wildman–Crippen LogP) is 0.883. The van der Waals surface area contributed by atoms with E-state index in [9.17, 15) is 0 Å². The summed E-state index contributed by atoms with van der Waals surface area (Å²) in [5, 5.41) is 4.20. The number of aryl methyl sites for hydroxylation is 1. The minimum Gasteiger partial charge on any atom is -0.382 e. The summed E-state index contributed by atoms with van der Waals surface area (Å²) in [7, 11) is 0. The van der Waals surface area contributed by atoms with Gasteiger partial charge in [-0.15, -0.1) is 0 Å². The summed E-state index contributed by atoms with van der Waals surface area (Å²) < 4.78 is 1.93. The van der Waals surface area contributed by atoms with E-state index in [0.29, 0.717) is 5.82 Å². The molecule has 1 fully saturated rings. The van der Waals surface area contributed by atoms with Crippen LogP contribution in [-0.2, 0) is 6.54 Å². The molecule has 0 aromatic carbocycles. The zero-order valence-electron chi connectivity index (χ0n) is 11.4. The van der Waals surface area contributed by atoms with Crippen LogP contribution in [-0.4, -0.2) is 58.8 Å². The number of nitrogen functional groups attached to an aromatic ring is 1. The SMILES string of the molecule is CCCN1CCN(CCCn2ccc(N)n2)CC1. The lowest BCUT2D eigenvalue weighted by atomic mass is 10.2. The highest BCUT2D eigenvalue weighted by atomic mass is 15.3. The van der Waals surface area contributed by atoms with E-state index in [1.54, 1.807) is 0 Å². The van der Waals surface area contributed by atoms with E-state index >= 15 is 0 Å². The molecule has 1 saturated heterocycles. The first-order chi connectivity index (χ1) is 8.78. The molecule has 5 heteroatoms. The molecule has 2 N–H and O–H groups in total. The monoisotopic (exact) mass is 251 g/mol. The summed E-state index contributed by atoms with van der Waals surface area (Å²) in [4.78, 5) is 5.11. The van der Waals surface area contributed by atoms with E-state index in [-0.39, 0.29) is 0 Å². The second-order valence-electron chi connectivity index (χ2n) is 5.04. The minimum absolute atomic E-state index is 0.614. The van der Waals surface area contributed by atoms with Crippen LogP contribution in [0.25, 0.3) is 0 Å². The number of piperazine rings is 1. The van der Waals surface area contributed by atoms with Gasteiger partial charge in [-0.3, -0.25) is 4.68 Å². The van der Waals surface area contributed by atoms with Crippen LogP contribution in [0.1, 0.15) is 19.8 Å². The van der Waals surface area contributed by atoms with Gasteiger partial charge in [-0.05, 0) is 32.0 Å². The van der Waals surface area contributed by atoms with Gasteiger partial charge in [0.05, 0.1) is 0 Å². The van der Waals surface area contributed by atoms with Gasteiger partial charge >= 0.3 is 0 Å². The highest BCUT2D eigenvalue weighted by Crippen LogP contribution is 2.04. The Hall–Kier alpha value is -1.07. The third-order valence-corrected chi connectivity index (χ3v) is 3.53. The molecule has 1 aromatic rings. The van der Waals surface area contributed by atoms with Crippen LogP contribution in [0.5, 0.6) is 0 Å². The summed E-state index contributed by atoms with van der Waals surface area (Å²) in [6.07, 6.45) is 4.37. The lowest BCUT2D eigenvalue weighted by Crippen LogP contribution is -2.46. The normalized spacial score (nSPS) is 18.3. The van der Waals surface area contributed by atoms with Crippen molar-refractivity contribution in [3.8, 4) is 0 Å². The first-order valence-electron chi connectivity index (χ1n) is 7.01. The number of rotatable bonds is 6. The van der Waals surface area contributed by atoms with Crippen molar-refractivity contribution in [1.29, 1.82) is 0 Å². The molecule has 2 rings (SSSR count). The Bertz CT molecular complexity index is 341. The second kappa shape index (κ2) is 6.75. The van der Waals surface area contributed by atoms with E-state index in [2.05, 4.69) is 21.8 Å². The Morgan fingerprint density at radius 1 is 1.11 bits per heavy atom. The molecule has 1 aromatic heterocycles. The van der Waals surface area contributed by atoms with Crippen molar-refractivity contribution in [2.24, 2.45) is 0 Å². The van der Waals surface area contributed by atoms with Crippen LogP contribution < -0.4 is 5.73 Å². The third kappa shape index (κ3) is 3.99. The third-order valence-electron chi connectivity index (χ3n) is 3.53. The standard InChI is InChI=1S/C13H25N5/c1-2-5-16-9-11-17(12-10-16)6-3-7-18-8-4-13(14)15-18/h4,8H,2-3,5-7,9-12H2,1H3,(H2,14,15). The fourth-order valence-corrected chi connectivity index (χ4v) is 2.51. The summed E-state index contributed by atoms with van der Waals surface area (Å²) in [6.45, 7) is 10.5. The molecule has 0 unspecified atom stereocenters. The van der Waals surface area contributed by atoms with Gasteiger partial charge in [-0.25, -0.2) is 0 Å². The maximum atomic E-state index is 5.59. The molecule has 0 spiro atoms. The highest BCUT2D eigenvalue weighted by Gasteiger charge is 2.15. The van der Waals surface area contributed by atoms with Gasteiger partial charge < -0.3 is 15.5 Å². The van der Waals surface area contributed by atoms with E-state index in [1.807, 2.05) is 16.9 Å². The molecule has 0 radical (unpaired) electrons. The van der Waals surface area contributed by atoms with E-state index in [0.717, 1.165) is 13.0 Å². The largest absolute Gasteiger partial charge is 0.382 e. The number of hydrogen-bond donors (Lipinski definition) is 1. The van der Waals surface area contributed by atoms with Crippen LogP contribution in [0.2, 0.25) is 0 Å². The summed E-state index contributed by atoms with van der Waals surface area (Å²) in [5.41, 5.74) is 5.59. The van der Waals surface area contributed by atoms with Crippen LogP contribution in [0.3, 0.4) is 0 Å². The lowest BCUT2D eigenvalue weighted by molar-refractivity contribution is 0.130. The molecule has 2 heterocycles.